The predicted octanol–water partition coefficient (Wildman–Crippen LogP) is 0.877. The number of halogens is 3. The lowest BCUT2D eigenvalue weighted by Gasteiger charge is -2.38. The van der Waals surface area contributed by atoms with E-state index in [2.05, 4.69) is 0 Å². The molecule has 0 radical (unpaired) electrons. The van der Waals surface area contributed by atoms with Gasteiger partial charge in [-0.05, 0) is 36.4 Å². The Morgan fingerprint density at radius 2 is 1.61 bits per heavy atom. The number of ether oxygens (including phenoxy) is 2. The van der Waals surface area contributed by atoms with E-state index in [0.717, 1.165) is 0 Å². The maximum atomic E-state index is 14.9. The number of hydrogen-bond donors (Lipinski definition) is 3. The Kier molecular flexibility index (Phi) is 9.32. The number of hydrogen-bond acceptors (Lipinski definition) is 9. The summed E-state index contributed by atoms with van der Waals surface area (Å²) in [7, 11) is -9.41. The average Bonchev–Trinajstić information content (AvgIpc) is 2.95. The quantitative estimate of drug-likeness (QED) is 0.293. The molecule has 41 heavy (non-hydrogen) atoms. The van der Waals surface area contributed by atoms with Gasteiger partial charge in [-0.3, -0.25) is 10.0 Å². The summed E-state index contributed by atoms with van der Waals surface area (Å²) >= 11 is 5.77. The zero-order valence-electron chi connectivity index (χ0n) is 21.0. The molecule has 1 atom stereocenters. The van der Waals surface area contributed by atoms with E-state index in [0.29, 0.717) is 25.8 Å². The molecular weight excluding hydrogens is 616 g/mol. The van der Waals surface area contributed by atoms with Crippen molar-refractivity contribution in [3.63, 3.8) is 0 Å². The third-order valence-corrected chi connectivity index (χ3v) is 9.76. The first-order valence-electron chi connectivity index (χ1n) is 11.9. The van der Waals surface area contributed by atoms with Gasteiger partial charge in [0.25, 0.3) is 5.91 Å². The van der Waals surface area contributed by atoms with Crippen LogP contribution in [-0.2, 0) is 29.8 Å². The van der Waals surface area contributed by atoms with Gasteiger partial charge >= 0.3 is 16.2 Å². The zero-order chi connectivity index (χ0) is 29.9. The van der Waals surface area contributed by atoms with Gasteiger partial charge in [0.2, 0.25) is 10.0 Å². The number of benzene rings is 2. The maximum Gasteiger partial charge on any atom is 0.332 e. The van der Waals surface area contributed by atoms with E-state index in [-0.39, 0.29) is 32.1 Å². The average molecular weight is 640 g/mol. The summed E-state index contributed by atoms with van der Waals surface area (Å²) in [5.41, 5.74) is 1.26. The van der Waals surface area contributed by atoms with Crippen LogP contribution in [0.1, 0.15) is 0 Å². The van der Waals surface area contributed by atoms with Crippen molar-refractivity contribution in [2.24, 2.45) is 0 Å². The SMILES string of the molecule is O=C(NO)[C@@H]1CN(S(=O)(=O)NC(=O)N2CCOCC2)CCN1S(=O)(=O)c1cc(F)c(Oc2ccc(Cl)cc2)c(F)c1. The molecule has 4 rings (SSSR count). The Labute approximate surface area is 238 Å². The summed E-state index contributed by atoms with van der Waals surface area (Å²) in [5, 5.41) is 9.55. The highest BCUT2D eigenvalue weighted by molar-refractivity contribution is 7.89. The van der Waals surface area contributed by atoms with Crippen LogP contribution in [0, 0.1) is 11.6 Å². The Hall–Kier alpha value is -3.13. The second kappa shape index (κ2) is 12.4. The van der Waals surface area contributed by atoms with Crippen LogP contribution in [0.3, 0.4) is 0 Å². The summed E-state index contributed by atoms with van der Waals surface area (Å²) in [6.45, 7) is -1.35. The van der Waals surface area contributed by atoms with Crippen molar-refractivity contribution < 1.29 is 49.9 Å². The standard InChI is InChI=1S/C22H24ClF2N5O9S2/c23-14-1-3-15(4-2-14)39-20-17(24)11-16(12-18(20)25)40(34,35)30-6-5-29(13-19(30)21(31)26-33)41(36,37)27-22(32)28-7-9-38-10-8-28/h1-4,11-12,19,33H,5-10,13H2,(H,26,31)(H,27,32)/t19-/m0/s1. The van der Waals surface area contributed by atoms with Crippen molar-refractivity contribution in [3.05, 3.63) is 53.1 Å². The van der Waals surface area contributed by atoms with Crippen molar-refractivity contribution in [1.29, 1.82) is 0 Å². The molecule has 3 amide bonds. The zero-order valence-corrected chi connectivity index (χ0v) is 23.4. The van der Waals surface area contributed by atoms with Crippen molar-refractivity contribution >= 4 is 43.8 Å². The third-order valence-electron chi connectivity index (χ3n) is 6.17. The smallest absolute Gasteiger partial charge is 0.332 e. The fourth-order valence-corrected chi connectivity index (χ4v) is 6.94. The number of nitrogens with one attached hydrogen (secondary N) is 2. The minimum Gasteiger partial charge on any atom is -0.451 e. The first-order chi connectivity index (χ1) is 19.3. The highest BCUT2D eigenvalue weighted by Gasteiger charge is 2.44. The van der Waals surface area contributed by atoms with Crippen LogP contribution in [0.4, 0.5) is 13.6 Å². The minimum atomic E-state index is -4.84. The van der Waals surface area contributed by atoms with Crippen LogP contribution in [0.25, 0.3) is 0 Å². The number of morpholine rings is 1. The Morgan fingerprint density at radius 1 is 1.00 bits per heavy atom. The van der Waals surface area contributed by atoms with Gasteiger partial charge in [-0.25, -0.2) is 32.2 Å². The summed E-state index contributed by atoms with van der Waals surface area (Å²) < 4.78 is 95.5. The molecule has 2 saturated heterocycles. The van der Waals surface area contributed by atoms with Crippen LogP contribution in [0.15, 0.2) is 41.3 Å². The minimum absolute atomic E-state index is 0.0144. The lowest BCUT2D eigenvalue weighted by Crippen LogP contribution is -2.63. The molecule has 0 unspecified atom stereocenters. The maximum absolute atomic E-state index is 14.9. The van der Waals surface area contributed by atoms with Gasteiger partial charge in [0, 0.05) is 37.7 Å². The molecule has 224 valence electrons. The molecule has 14 nitrogen and oxygen atoms in total. The molecule has 0 aromatic heterocycles. The lowest BCUT2D eigenvalue weighted by molar-refractivity contribution is -0.134. The molecule has 2 aliphatic heterocycles. The largest absolute Gasteiger partial charge is 0.451 e. The molecule has 0 bridgehead atoms. The van der Waals surface area contributed by atoms with Crippen LogP contribution < -0.4 is 14.9 Å². The van der Waals surface area contributed by atoms with Crippen molar-refractivity contribution in [3.8, 4) is 11.5 Å². The lowest BCUT2D eigenvalue weighted by atomic mass is 10.2. The molecular formula is C22H24ClF2N5O9S2. The molecule has 2 heterocycles. The molecule has 0 saturated carbocycles. The van der Waals surface area contributed by atoms with E-state index in [9.17, 15) is 40.4 Å². The Bertz CT molecular complexity index is 1500. The second-order valence-corrected chi connectivity index (χ2v) is 12.7. The first-order valence-corrected chi connectivity index (χ1v) is 15.1. The monoisotopic (exact) mass is 639 g/mol. The molecule has 2 aromatic rings. The predicted molar refractivity (Wildman–Crippen MR) is 137 cm³/mol. The number of hydroxylamine groups is 1. The summed E-state index contributed by atoms with van der Waals surface area (Å²) in [6.07, 6.45) is 0. The number of sulfonamides is 1. The van der Waals surface area contributed by atoms with E-state index in [4.69, 9.17) is 21.1 Å². The third kappa shape index (κ3) is 6.85. The molecule has 19 heteroatoms. The fraction of sp³-hybridized carbons (Fsp3) is 0.364. The van der Waals surface area contributed by atoms with Crippen molar-refractivity contribution in [1.82, 2.24) is 23.7 Å². The highest BCUT2D eigenvalue weighted by atomic mass is 35.5. The number of piperazine rings is 1. The molecule has 2 aliphatic rings. The normalized spacial score (nSPS) is 19.0. The van der Waals surface area contributed by atoms with E-state index in [1.807, 2.05) is 4.72 Å². The number of nitrogens with zero attached hydrogens (tertiary/aromatic N) is 3. The van der Waals surface area contributed by atoms with E-state index < -0.39 is 80.1 Å². The topological polar surface area (TPSA) is 175 Å². The summed E-state index contributed by atoms with van der Waals surface area (Å²) in [6, 6.07) is 3.62. The van der Waals surface area contributed by atoms with Gasteiger partial charge in [0.15, 0.2) is 17.4 Å². The summed E-state index contributed by atoms with van der Waals surface area (Å²) in [5.74, 6) is -4.97. The van der Waals surface area contributed by atoms with Gasteiger partial charge in [-0.1, -0.05) is 11.6 Å². The highest BCUT2D eigenvalue weighted by Crippen LogP contribution is 2.32. The van der Waals surface area contributed by atoms with Gasteiger partial charge in [-0.15, -0.1) is 0 Å². The van der Waals surface area contributed by atoms with Crippen LogP contribution >= 0.6 is 11.6 Å². The van der Waals surface area contributed by atoms with Crippen molar-refractivity contribution in [2.75, 3.05) is 45.9 Å². The van der Waals surface area contributed by atoms with Gasteiger partial charge in [-0.2, -0.15) is 17.0 Å². The van der Waals surface area contributed by atoms with E-state index >= 15 is 0 Å². The first kappa shape index (κ1) is 30.8. The van der Waals surface area contributed by atoms with Gasteiger partial charge in [0.1, 0.15) is 11.8 Å². The van der Waals surface area contributed by atoms with Gasteiger partial charge in [0.05, 0.1) is 18.1 Å². The number of carbonyl (C=O) groups excluding carboxylic acids is 2. The Morgan fingerprint density at radius 3 is 2.20 bits per heavy atom. The Balaban J connectivity index is 1.56. The second-order valence-electron chi connectivity index (χ2n) is 8.75. The summed E-state index contributed by atoms with van der Waals surface area (Å²) in [4.78, 5) is 25.1. The number of carbonyl (C=O) groups is 2. The fourth-order valence-electron chi connectivity index (χ4n) is 4.08. The van der Waals surface area contributed by atoms with Crippen molar-refractivity contribution in [2.45, 2.75) is 10.9 Å². The molecule has 0 spiro atoms. The number of amides is 3. The molecule has 3 N–H and O–H groups in total. The number of rotatable bonds is 7. The molecule has 0 aliphatic carbocycles. The molecule has 2 aromatic carbocycles. The van der Waals surface area contributed by atoms with Crippen LogP contribution in [0.2, 0.25) is 5.02 Å². The van der Waals surface area contributed by atoms with E-state index in [1.165, 1.54) is 34.6 Å². The molecule has 2 fully saturated rings. The van der Waals surface area contributed by atoms with Gasteiger partial charge < -0.3 is 14.4 Å². The number of urea groups is 1. The van der Waals surface area contributed by atoms with E-state index in [1.54, 1.807) is 0 Å². The van der Waals surface area contributed by atoms with Crippen LogP contribution in [0.5, 0.6) is 11.5 Å². The van der Waals surface area contributed by atoms with Crippen LogP contribution in [-0.4, -0.2) is 99.5 Å².